The maximum atomic E-state index is 13.3. The van der Waals surface area contributed by atoms with Gasteiger partial charge in [-0.15, -0.1) is 0 Å². The van der Waals surface area contributed by atoms with Gasteiger partial charge in [0.1, 0.15) is 23.0 Å². The molecular weight excluding hydrogens is 469 g/mol. The minimum absolute atomic E-state index is 0.156. The molecule has 0 amide bonds. The Morgan fingerprint density at radius 1 is 1.08 bits per heavy atom. The first-order valence-corrected chi connectivity index (χ1v) is 12.3. The van der Waals surface area contributed by atoms with Crippen LogP contribution in [0.1, 0.15) is 50.2 Å². The molecule has 1 aliphatic rings. The second kappa shape index (κ2) is 11.3. The van der Waals surface area contributed by atoms with E-state index >= 15 is 0 Å². The number of piperazine rings is 1. The van der Waals surface area contributed by atoms with E-state index in [1.165, 1.54) is 13.0 Å². The van der Waals surface area contributed by atoms with Crippen molar-refractivity contribution in [3.63, 3.8) is 0 Å². The summed E-state index contributed by atoms with van der Waals surface area (Å²) in [5, 5.41) is 3.79. The average Bonchev–Trinajstić information content (AvgIpc) is 2.83. The third-order valence-electron chi connectivity index (χ3n) is 6.39. The highest BCUT2D eigenvalue weighted by Crippen LogP contribution is 2.33. The van der Waals surface area contributed by atoms with Crippen LogP contribution in [0.4, 0.5) is 24.7 Å². The second-order valence-electron chi connectivity index (χ2n) is 8.92. The van der Waals surface area contributed by atoms with Gasteiger partial charge in [-0.1, -0.05) is 26.0 Å². The summed E-state index contributed by atoms with van der Waals surface area (Å²) in [6.07, 6.45) is -4.41. The fourth-order valence-electron chi connectivity index (χ4n) is 4.40. The van der Waals surface area contributed by atoms with E-state index in [1.807, 2.05) is 13.8 Å². The molecule has 0 radical (unpaired) electrons. The van der Waals surface area contributed by atoms with Gasteiger partial charge in [0.25, 0.3) is 5.56 Å². The molecule has 10 heteroatoms. The van der Waals surface area contributed by atoms with Crippen LogP contribution in [0.15, 0.2) is 29.1 Å². The number of aryl methyl sites for hydroxylation is 1. The molecule has 0 saturated carbocycles. The zero-order valence-electron chi connectivity index (χ0n) is 21.8. The minimum atomic E-state index is -4.41. The molecule has 196 valence electrons. The van der Waals surface area contributed by atoms with Crippen molar-refractivity contribution >= 4 is 22.5 Å². The molecule has 2 aromatic heterocycles. The summed E-state index contributed by atoms with van der Waals surface area (Å²) < 4.78 is 39.9. The van der Waals surface area contributed by atoms with Gasteiger partial charge in [-0.2, -0.15) is 13.2 Å². The molecule has 1 fully saturated rings. The van der Waals surface area contributed by atoms with Gasteiger partial charge in [-0.05, 0) is 51.0 Å². The third-order valence-corrected chi connectivity index (χ3v) is 6.39. The van der Waals surface area contributed by atoms with Crippen molar-refractivity contribution in [2.75, 3.05) is 36.4 Å². The molecular formula is C26H35F3N6O. The lowest BCUT2D eigenvalue weighted by molar-refractivity contribution is -0.138. The molecule has 0 aliphatic carbocycles. The van der Waals surface area contributed by atoms with Crippen molar-refractivity contribution in [3.8, 4) is 0 Å². The highest BCUT2D eigenvalue weighted by atomic mass is 19.4. The van der Waals surface area contributed by atoms with Crippen LogP contribution in [-0.4, -0.2) is 52.1 Å². The number of aromatic amines is 1. The first-order chi connectivity index (χ1) is 17.0. The SMILES string of the molecule is CC.Cc1nc(NCc2cccc(C(F)(F)F)c2C)c2cc(N3CCN(C(C)C)CC3)c(=O)[nH]c2n1. The van der Waals surface area contributed by atoms with Crippen LogP contribution < -0.4 is 15.8 Å². The van der Waals surface area contributed by atoms with Crippen molar-refractivity contribution < 1.29 is 13.2 Å². The topological polar surface area (TPSA) is 77.2 Å². The Morgan fingerprint density at radius 3 is 2.36 bits per heavy atom. The first-order valence-electron chi connectivity index (χ1n) is 12.3. The summed E-state index contributed by atoms with van der Waals surface area (Å²) in [4.78, 5) is 28.9. The van der Waals surface area contributed by atoms with E-state index in [2.05, 4.69) is 43.9 Å². The summed E-state index contributed by atoms with van der Waals surface area (Å²) in [6, 6.07) is 6.38. The van der Waals surface area contributed by atoms with Gasteiger partial charge in [0.2, 0.25) is 0 Å². The fraction of sp³-hybridized carbons (Fsp3) is 0.500. The first kappa shape index (κ1) is 27.4. The van der Waals surface area contributed by atoms with Gasteiger partial charge in [0, 0.05) is 38.8 Å². The highest BCUT2D eigenvalue weighted by Gasteiger charge is 2.32. The Kier molecular flexibility index (Phi) is 8.60. The van der Waals surface area contributed by atoms with Crippen LogP contribution in [0.25, 0.3) is 11.0 Å². The molecule has 7 nitrogen and oxygen atoms in total. The van der Waals surface area contributed by atoms with E-state index in [0.717, 1.165) is 32.2 Å². The second-order valence-corrected chi connectivity index (χ2v) is 8.92. The lowest BCUT2D eigenvalue weighted by atomic mass is 10.0. The number of benzene rings is 1. The van der Waals surface area contributed by atoms with E-state index < -0.39 is 11.7 Å². The molecule has 0 unspecified atom stereocenters. The minimum Gasteiger partial charge on any atom is -0.365 e. The predicted octanol–water partition coefficient (Wildman–Crippen LogP) is 5.12. The summed E-state index contributed by atoms with van der Waals surface area (Å²) in [6.45, 7) is 14.8. The number of hydrogen-bond donors (Lipinski definition) is 2. The number of anilines is 2. The van der Waals surface area contributed by atoms with Crippen LogP contribution in [0.3, 0.4) is 0 Å². The number of rotatable bonds is 5. The number of nitrogens with one attached hydrogen (secondary N) is 2. The molecule has 3 heterocycles. The van der Waals surface area contributed by atoms with Gasteiger partial charge >= 0.3 is 6.18 Å². The van der Waals surface area contributed by atoms with Crippen LogP contribution in [0.2, 0.25) is 0 Å². The molecule has 0 spiro atoms. The van der Waals surface area contributed by atoms with Crippen LogP contribution >= 0.6 is 0 Å². The molecule has 1 aliphatic heterocycles. The number of hydrogen-bond acceptors (Lipinski definition) is 6. The maximum Gasteiger partial charge on any atom is 0.416 e. The zero-order valence-corrected chi connectivity index (χ0v) is 21.8. The summed E-state index contributed by atoms with van der Waals surface area (Å²) in [7, 11) is 0. The van der Waals surface area contributed by atoms with Gasteiger partial charge in [0.15, 0.2) is 0 Å². The molecule has 4 rings (SSSR count). The number of alkyl halides is 3. The molecule has 1 saturated heterocycles. The molecule has 2 N–H and O–H groups in total. The van der Waals surface area contributed by atoms with Crippen molar-refractivity contribution in [1.29, 1.82) is 0 Å². The number of nitrogens with zero attached hydrogens (tertiary/aromatic N) is 4. The molecule has 3 aromatic rings. The summed E-state index contributed by atoms with van der Waals surface area (Å²) in [5.74, 6) is 0.919. The average molecular weight is 505 g/mol. The standard InChI is InChI=1S/C24H29F3N6O.C2H6/c1-14(2)32-8-10-33(11-9-32)20-12-18-21(29-16(4)30-22(18)31-23(20)34)28-13-17-6-5-7-19(15(17)3)24(25,26)27;1-2/h5-7,12,14H,8-11,13H2,1-4H3,(H2,28,29,30,31,34);1-2H3. The van der Waals surface area contributed by atoms with E-state index in [-0.39, 0.29) is 17.7 Å². The number of fused-ring (bicyclic) bond motifs is 1. The monoisotopic (exact) mass is 504 g/mol. The predicted molar refractivity (Wildman–Crippen MR) is 139 cm³/mol. The molecule has 36 heavy (non-hydrogen) atoms. The van der Waals surface area contributed by atoms with E-state index in [1.54, 1.807) is 19.1 Å². The van der Waals surface area contributed by atoms with Gasteiger partial charge in [-0.25, -0.2) is 9.97 Å². The van der Waals surface area contributed by atoms with Crippen LogP contribution in [0.5, 0.6) is 0 Å². The Morgan fingerprint density at radius 2 is 1.75 bits per heavy atom. The number of aromatic nitrogens is 3. The molecule has 1 aromatic carbocycles. The summed E-state index contributed by atoms with van der Waals surface area (Å²) >= 11 is 0. The highest BCUT2D eigenvalue weighted by molar-refractivity contribution is 5.89. The summed E-state index contributed by atoms with van der Waals surface area (Å²) in [5.41, 5.74) is 0.765. The smallest absolute Gasteiger partial charge is 0.365 e. The van der Waals surface area contributed by atoms with Crippen LogP contribution in [-0.2, 0) is 12.7 Å². The van der Waals surface area contributed by atoms with Crippen molar-refractivity contribution in [3.05, 3.63) is 57.1 Å². The Hall–Kier alpha value is -3.14. The number of pyridine rings is 1. The lowest BCUT2D eigenvalue weighted by Crippen LogP contribution is -2.50. The maximum absolute atomic E-state index is 13.3. The quantitative estimate of drug-likeness (QED) is 0.502. The van der Waals surface area contributed by atoms with Crippen LogP contribution in [0, 0.1) is 13.8 Å². The van der Waals surface area contributed by atoms with E-state index in [4.69, 9.17) is 0 Å². The Bertz CT molecular complexity index is 1250. The fourth-order valence-corrected chi connectivity index (χ4v) is 4.40. The van der Waals surface area contributed by atoms with E-state index in [9.17, 15) is 18.0 Å². The van der Waals surface area contributed by atoms with Crippen molar-refractivity contribution in [1.82, 2.24) is 19.9 Å². The number of H-pyrrole nitrogens is 1. The van der Waals surface area contributed by atoms with Gasteiger partial charge in [-0.3, -0.25) is 9.69 Å². The van der Waals surface area contributed by atoms with Gasteiger partial charge < -0.3 is 15.2 Å². The normalized spacial score (nSPS) is 14.7. The largest absolute Gasteiger partial charge is 0.416 e. The third kappa shape index (κ3) is 5.98. The van der Waals surface area contributed by atoms with Crippen molar-refractivity contribution in [2.45, 2.75) is 60.3 Å². The van der Waals surface area contributed by atoms with Crippen molar-refractivity contribution in [2.24, 2.45) is 0 Å². The number of halogens is 3. The zero-order chi connectivity index (χ0) is 26.6. The lowest BCUT2D eigenvalue weighted by Gasteiger charge is -2.37. The molecule has 0 atom stereocenters. The Labute approximate surface area is 209 Å². The Balaban J connectivity index is 0.00000176. The van der Waals surface area contributed by atoms with E-state index in [0.29, 0.717) is 40.0 Å². The van der Waals surface area contributed by atoms with Gasteiger partial charge in [0.05, 0.1) is 10.9 Å². The molecule has 0 bridgehead atoms.